The van der Waals surface area contributed by atoms with Crippen LogP contribution in [0.3, 0.4) is 0 Å². The second-order valence-electron chi connectivity index (χ2n) is 4.56. The van der Waals surface area contributed by atoms with Crippen LogP contribution in [0.4, 0.5) is 0 Å². The predicted molar refractivity (Wildman–Crippen MR) is 57.8 cm³/mol. The van der Waals surface area contributed by atoms with Crippen LogP contribution in [0, 0.1) is 5.92 Å². The first kappa shape index (κ1) is 11.1. The van der Waals surface area contributed by atoms with Crippen LogP contribution >= 0.6 is 0 Å². The summed E-state index contributed by atoms with van der Waals surface area (Å²) in [6.07, 6.45) is 0.910. The SMILES string of the molecule is CC1=C(N(C)C)NC(CC(C)C)C1=O. The van der Waals surface area contributed by atoms with Crippen molar-refractivity contribution in [3.8, 4) is 0 Å². The number of ketones is 1. The van der Waals surface area contributed by atoms with Crippen molar-refractivity contribution in [3.05, 3.63) is 11.4 Å². The number of nitrogens with one attached hydrogen (secondary N) is 1. The second-order valence-corrected chi connectivity index (χ2v) is 4.56. The molecule has 80 valence electrons. The summed E-state index contributed by atoms with van der Waals surface area (Å²) >= 11 is 0. The second kappa shape index (κ2) is 4.03. The fourth-order valence-electron chi connectivity index (χ4n) is 1.82. The standard InChI is InChI=1S/C11H20N2O/c1-7(2)6-9-10(14)8(3)11(12-9)13(4)5/h7,9,12H,6H2,1-5H3. The Balaban J connectivity index is 2.72. The quantitative estimate of drug-likeness (QED) is 0.740. The molecule has 1 atom stereocenters. The van der Waals surface area contributed by atoms with Gasteiger partial charge in [0.1, 0.15) is 5.82 Å². The summed E-state index contributed by atoms with van der Waals surface area (Å²) in [4.78, 5) is 13.8. The molecule has 0 radical (unpaired) electrons. The van der Waals surface area contributed by atoms with E-state index >= 15 is 0 Å². The third kappa shape index (κ3) is 2.08. The molecule has 14 heavy (non-hydrogen) atoms. The van der Waals surface area contributed by atoms with Crippen molar-refractivity contribution in [2.45, 2.75) is 33.2 Å². The largest absolute Gasteiger partial charge is 0.364 e. The summed E-state index contributed by atoms with van der Waals surface area (Å²) in [7, 11) is 3.91. The van der Waals surface area contributed by atoms with Gasteiger partial charge in [-0.15, -0.1) is 0 Å². The van der Waals surface area contributed by atoms with E-state index in [0.717, 1.165) is 17.8 Å². The van der Waals surface area contributed by atoms with Gasteiger partial charge < -0.3 is 10.2 Å². The van der Waals surface area contributed by atoms with Crippen LogP contribution < -0.4 is 5.32 Å². The predicted octanol–water partition coefficient (Wildman–Crippen LogP) is 1.37. The third-order valence-corrected chi connectivity index (χ3v) is 2.51. The van der Waals surface area contributed by atoms with E-state index < -0.39 is 0 Å². The Morgan fingerprint density at radius 2 is 2.00 bits per heavy atom. The van der Waals surface area contributed by atoms with Crippen LogP contribution in [0.15, 0.2) is 11.4 Å². The lowest BCUT2D eigenvalue weighted by Crippen LogP contribution is -2.33. The first-order valence-electron chi connectivity index (χ1n) is 5.12. The monoisotopic (exact) mass is 196 g/mol. The number of nitrogens with zero attached hydrogens (tertiary/aromatic N) is 1. The van der Waals surface area contributed by atoms with Crippen molar-refractivity contribution in [1.82, 2.24) is 10.2 Å². The molecule has 1 N–H and O–H groups in total. The Hall–Kier alpha value is -0.990. The van der Waals surface area contributed by atoms with Crippen LogP contribution in [0.5, 0.6) is 0 Å². The number of hydrogen-bond donors (Lipinski definition) is 1. The fourth-order valence-corrected chi connectivity index (χ4v) is 1.82. The molecule has 1 aliphatic heterocycles. The lowest BCUT2D eigenvalue weighted by molar-refractivity contribution is -0.116. The molecule has 3 nitrogen and oxygen atoms in total. The van der Waals surface area contributed by atoms with Gasteiger partial charge in [-0.05, 0) is 19.3 Å². The maximum atomic E-state index is 11.8. The zero-order valence-corrected chi connectivity index (χ0v) is 9.72. The van der Waals surface area contributed by atoms with Crippen molar-refractivity contribution in [1.29, 1.82) is 0 Å². The van der Waals surface area contributed by atoms with Gasteiger partial charge in [-0.2, -0.15) is 0 Å². The summed E-state index contributed by atoms with van der Waals surface area (Å²) in [5, 5.41) is 3.28. The fraction of sp³-hybridized carbons (Fsp3) is 0.727. The van der Waals surface area contributed by atoms with Crippen LogP contribution in [0.2, 0.25) is 0 Å². The van der Waals surface area contributed by atoms with Crippen molar-refractivity contribution in [3.63, 3.8) is 0 Å². The van der Waals surface area contributed by atoms with Gasteiger partial charge in [0.25, 0.3) is 0 Å². The molecule has 0 saturated heterocycles. The Morgan fingerprint density at radius 1 is 1.43 bits per heavy atom. The van der Waals surface area contributed by atoms with Crippen LogP contribution in [-0.4, -0.2) is 30.8 Å². The van der Waals surface area contributed by atoms with Gasteiger partial charge in [0.15, 0.2) is 5.78 Å². The third-order valence-electron chi connectivity index (χ3n) is 2.51. The molecule has 0 aliphatic carbocycles. The van der Waals surface area contributed by atoms with Crippen molar-refractivity contribution in [2.24, 2.45) is 5.92 Å². The van der Waals surface area contributed by atoms with E-state index in [-0.39, 0.29) is 11.8 Å². The molecule has 0 bridgehead atoms. The van der Waals surface area contributed by atoms with Gasteiger partial charge in [0.05, 0.1) is 6.04 Å². The maximum absolute atomic E-state index is 11.8. The van der Waals surface area contributed by atoms with Gasteiger partial charge in [0.2, 0.25) is 0 Å². The minimum absolute atomic E-state index is 0.00704. The zero-order valence-electron chi connectivity index (χ0n) is 9.72. The molecule has 0 aromatic carbocycles. The highest BCUT2D eigenvalue weighted by Crippen LogP contribution is 2.20. The summed E-state index contributed by atoms with van der Waals surface area (Å²) in [5.41, 5.74) is 0.862. The van der Waals surface area contributed by atoms with Crippen LogP contribution in [0.1, 0.15) is 27.2 Å². The highest BCUT2D eigenvalue weighted by atomic mass is 16.1. The smallest absolute Gasteiger partial charge is 0.184 e. The molecule has 0 aromatic heterocycles. The van der Waals surface area contributed by atoms with E-state index in [9.17, 15) is 4.79 Å². The summed E-state index contributed by atoms with van der Waals surface area (Å²) in [6, 6.07) is -0.00704. The highest BCUT2D eigenvalue weighted by Gasteiger charge is 2.30. The number of rotatable bonds is 3. The van der Waals surface area contributed by atoms with E-state index in [1.165, 1.54) is 0 Å². The normalized spacial score (nSPS) is 21.9. The number of Topliss-reactive ketones (excluding diaryl/α,β-unsaturated/α-hetero) is 1. The first-order chi connectivity index (χ1) is 6.43. The lowest BCUT2D eigenvalue weighted by atomic mass is 10.00. The Kier molecular flexibility index (Phi) is 3.19. The molecule has 1 heterocycles. The molecule has 0 saturated carbocycles. The minimum atomic E-state index is -0.00704. The number of hydrogen-bond acceptors (Lipinski definition) is 3. The number of carbonyl (C=O) groups excluding carboxylic acids is 1. The summed E-state index contributed by atoms with van der Waals surface area (Å²) in [6.45, 7) is 6.17. The van der Waals surface area contributed by atoms with Crippen molar-refractivity contribution < 1.29 is 4.79 Å². The van der Waals surface area contributed by atoms with Crippen molar-refractivity contribution >= 4 is 5.78 Å². The molecule has 1 aliphatic rings. The van der Waals surface area contributed by atoms with Gasteiger partial charge in [-0.1, -0.05) is 13.8 Å². The van der Waals surface area contributed by atoms with E-state index in [2.05, 4.69) is 19.2 Å². The zero-order chi connectivity index (χ0) is 10.9. The van der Waals surface area contributed by atoms with E-state index in [1.807, 2.05) is 25.9 Å². The minimum Gasteiger partial charge on any atom is -0.364 e. The number of carbonyl (C=O) groups is 1. The van der Waals surface area contributed by atoms with Gasteiger partial charge >= 0.3 is 0 Å². The Morgan fingerprint density at radius 3 is 2.36 bits per heavy atom. The lowest BCUT2D eigenvalue weighted by Gasteiger charge is -2.18. The molecule has 0 aromatic rings. The van der Waals surface area contributed by atoms with E-state index in [4.69, 9.17) is 0 Å². The summed E-state index contributed by atoms with van der Waals surface area (Å²) < 4.78 is 0. The topological polar surface area (TPSA) is 32.3 Å². The molecule has 0 spiro atoms. The van der Waals surface area contributed by atoms with Crippen LogP contribution in [0.25, 0.3) is 0 Å². The van der Waals surface area contributed by atoms with Gasteiger partial charge in [-0.3, -0.25) is 4.79 Å². The van der Waals surface area contributed by atoms with E-state index in [0.29, 0.717) is 5.92 Å². The average Bonchev–Trinajstić information content (AvgIpc) is 2.32. The molecular weight excluding hydrogens is 176 g/mol. The molecular formula is C11H20N2O. The molecule has 1 rings (SSSR count). The molecule has 1 unspecified atom stereocenters. The molecule has 0 fully saturated rings. The summed E-state index contributed by atoms with van der Waals surface area (Å²) in [5.74, 6) is 1.77. The van der Waals surface area contributed by atoms with Crippen molar-refractivity contribution in [2.75, 3.05) is 14.1 Å². The van der Waals surface area contributed by atoms with Gasteiger partial charge in [-0.25, -0.2) is 0 Å². The van der Waals surface area contributed by atoms with Gasteiger partial charge in [0, 0.05) is 19.7 Å². The molecule has 3 heteroatoms. The Labute approximate surface area is 86.2 Å². The molecule has 0 amide bonds. The van der Waals surface area contributed by atoms with Crippen LogP contribution in [-0.2, 0) is 4.79 Å². The average molecular weight is 196 g/mol. The maximum Gasteiger partial charge on any atom is 0.184 e. The Bertz CT molecular complexity index is 266. The first-order valence-corrected chi connectivity index (χ1v) is 5.12. The van der Waals surface area contributed by atoms with E-state index in [1.54, 1.807) is 0 Å². The highest BCUT2D eigenvalue weighted by molar-refractivity contribution is 6.01.